The van der Waals surface area contributed by atoms with Crippen molar-refractivity contribution in [3.8, 4) is 16.9 Å². The molecule has 0 spiro atoms. The predicted molar refractivity (Wildman–Crippen MR) is 130 cm³/mol. The number of anilines is 1. The van der Waals surface area contributed by atoms with Gasteiger partial charge in [0.05, 0.1) is 16.7 Å². The van der Waals surface area contributed by atoms with Gasteiger partial charge in [-0.1, -0.05) is 36.4 Å². The van der Waals surface area contributed by atoms with E-state index < -0.39 is 40.7 Å². The average Bonchev–Trinajstić information content (AvgIpc) is 3.27. The number of alkyl halides is 9. The maximum Gasteiger partial charge on any atom is 0.490 e. The van der Waals surface area contributed by atoms with Crippen molar-refractivity contribution in [2.24, 2.45) is 0 Å². The summed E-state index contributed by atoms with van der Waals surface area (Å²) in [6.45, 7) is 0. The lowest BCUT2D eigenvalue weighted by atomic mass is 10.0. The molecule has 0 radical (unpaired) electrons. The van der Waals surface area contributed by atoms with Crippen molar-refractivity contribution in [3.05, 3.63) is 78.1 Å². The van der Waals surface area contributed by atoms with Crippen LogP contribution in [-0.2, 0) is 23.8 Å². The summed E-state index contributed by atoms with van der Waals surface area (Å²) < 4.78 is 132. The first-order chi connectivity index (χ1) is 18.6. The van der Waals surface area contributed by atoms with Gasteiger partial charge in [-0.3, -0.25) is 4.72 Å². The predicted octanol–water partition coefficient (Wildman–Crippen LogP) is 7.48. The Balaban J connectivity index is 1.46. The first-order valence-corrected chi connectivity index (χ1v) is 12.5. The summed E-state index contributed by atoms with van der Waals surface area (Å²) in [5.74, 6) is -0.0697. The molecule has 3 aromatic carbocycles. The number of aromatic nitrogens is 2. The maximum atomic E-state index is 12.8. The third-order valence-corrected chi connectivity index (χ3v) is 6.43. The van der Waals surface area contributed by atoms with Crippen LogP contribution >= 0.6 is 0 Å². The van der Waals surface area contributed by atoms with Gasteiger partial charge in [-0.25, -0.2) is 9.19 Å². The van der Waals surface area contributed by atoms with Crippen LogP contribution in [0.4, 0.5) is 45.2 Å². The molecule has 214 valence electrons. The highest BCUT2D eigenvalue weighted by Crippen LogP contribution is 2.37. The molecule has 1 aromatic heterocycles. The summed E-state index contributed by atoms with van der Waals surface area (Å²) in [5.41, 5.74) is -2.32. The Kier molecular flexibility index (Phi) is 8.06. The van der Waals surface area contributed by atoms with Crippen molar-refractivity contribution in [2.75, 3.05) is 4.72 Å². The van der Waals surface area contributed by atoms with Crippen LogP contribution in [-0.4, -0.2) is 38.1 Å². The molecule has 0 amide bonds. The fraction of sp³-hybridized carbons (Fsp3) is 0.240. The van der Waals surface area contributed by atoms with Crippen molar-refractivity contribution in [3.63, 3.8) is 0 Å². The Morgan fingerprint density at radius 3 is 2.12 bits per heavy atom. The number of para-hydroxylation sites is 1. The topological polar surface area (TPSA) is 67.0 Å². The normalized spacial score (nSPS) is 13.6. The summed E-state index contributed by atoms with van der Waals surface area (Å²) in [5, 5.41) is 0. The SMILES string of the molecule is O=S(Nc1ccccc1-c1ccc2nc(CCc3ccc(OC(C(F)(F)F)C(F)(F)F)cc3)[nH]c2c1)C(F)(F)F. The fourth-order valence-electron chi connectivity index (χ4n) is 3.78. The van der Waals surface area contributed by atoms with Gasteiger partial charge in [0.25, 0.3) is 6.10 Å². The van der Waals surface area contributed by atoms with Crippen molar-refractivity contribution in [2.45, 2.75) is 36.8 Å². The van der Waals surface area contributed by atoms with Crippen molar-refractivity contribution >= 4 is 27.7 Å². The largest absolute Gasteiger partial charge is 0.490 e. The number of imidazole rings is 1. The van der Waals surface area contributed by atoms with Gasteiger partial charge >= 0.3 is 17.9 Å². The van der Waals surface area contributed by atoms with Crippen molar-refractivity contribution in [1.29, 1.82) is 0 Å². The molecule has 0 bridgehead atoms. The van der Waals surface area contributed by atoms with Crippen LogP contribution in [0.1, 0.15) is 11.4 Å². The van der Waals surface area contributed by atoms with Crippen LogP contribution in [0.15, 0.2) is 66.7 Å². The van der Waals surface area contributed by atoms with Crippen LogP contribution in [0, 0.1) is 0 Å². The molecule has 2 N–H and O–H groups in total. The summed E-state index contributed by atoms with van der Waals surface area (Å²) in [4.78, 5) is 7.52. The number of ether oxygens (including phenoxy) is 1. The van der Waals surface area contributed by atoms with Gasteiger partial charge in [0.1, 0.15) is 11.6 Å². The van der Waals surface area contributed by atoms with E-state index in [2.05, 4.69) is 14.7 Å². The number of nitrogens with zero attached hydrogens (tertiary/aromatic N) is 1. The van der Waals surface area contributed by atoms with E-state index >= 15 is 0 Å². The zero-order valence-corrected chi connectivity index (χ0v) is 20.7. The Morgan fingerprint density at radius 2 is 1.50 bits per heavy atom. The van der Waals surface area contributed by atoms with Gasteiger partial charge in [-0.2, -0.15) is 39.5 Å². The number of rotatable bonds is 8. The zero-order chi connectivity index (χ0) is 29.3. The first-order valence-electron chi connectivity index (χ1n) is 11.3. The summed E-state index contributed by atoms with van der Waals surface area (Å²) in [6.07, 6.45) is -14.5. The number of nitrogens with one attached hydrogen (secondary N) is 2. The quantitative estimate of drug-likeness (QED) is 0.208. The summed E-state index contributed by atoms with van der Waals surface area (Å²) in [6, 6.07) is 15.7. The second-order valence-corrected chi connectivity index (χ2v) is 9.71. The van der Waals surface area contributed by atoms with Gasteiger partial charge < -0.3 is 9.72 Å². The van der Waals surface area contributed by atoms with Gasteiger partial charge in [-0.15, -0.1) is 0 Å². The number of aromatic amines is 1. The lowest BCUT2D eigenvalue weighted by molar-refractivity contribution is -0.299. The van der Waals surface area contributed by atoms with Gasteiger partial charge in [0, 0.05) is 12.0 Å². The van der Waals surface area contributed by atoms with Gasteiger partial charge in [0.2, 0.25) is 11.0 Å². The number of hydrogen-bond acceptors (Lipinski definition) is 3. The van der Waals surface area contributed by atoms with E-state index in [-0.39, 0.29) is 5.69 Å². The minimum absolute atomic E-state index is 0.0152. The standard InChI is InChI=1S/C25H18F9N3O2S/c26-23(27,28)22(24(29,30)31)39-16-9-5-14(6-10-16)7-12-21-35-19-11-8-15(13-20(19)36-21)17-3-1-2-4-18(17)37-40(38)25(32,33)34/h1-6,8-11,13,22,37H,7,12H2,(H,35,36). The molecule has 5 nitrogen and oxygen atoms in total. The molecule has 0 saturated heterocycles. The molecular weight excluding hydrogens is 577 g/mol. The molecule has 0 aliphatic carbocycles. The van der Waals surface area contributed by atoms with Crippen LogP contribution < -0.4 is 9.46 Å². The molecule has 0 saturated carbocycles. The highest BCUT2D eigenvalue weighted by molar-refractivity contribution is 7.87. The molecule has 1 atom stereocenters. The molecule has 1 unspecified atom stereocenters. The van der Waals surface area contributed by atoms with E-state index in [9.17, 15) is 43.7 Å². The Morgan fingerprint density at radius 1 is 0.850 bits per heavy atom. The monoisotopic (exact) mass is 595 g/mol. The molecule has 4 rings (SSSR count). The van der Waals surface area contributed by atoms with Gasteiger partial charge in [0.15, 0.2) is 0 Å². The molecule has 4 aromatic rings. The third-order valence-electron chi connectivity index (χ3n) is 5.60. The summed E-state index contributed by atoms with van der Waals surface area (Å²) >= 11 is 0. The van der Waals surface area contributed by atoms with E-state index in [1.807, 2.05) is 4.72 Å². The molecule has 0 aliphatic heterocycles. The van der Waals surface area contributed by atoms with Gasteiger partial charge in [-0.05, 0) is 47.9 Å². The lowest BCUT2D eigenvalue weighted by Crippen LogP contribution is -2.46. The number of fused-ring (bicyclic) bond motifs is 1. The molecule has 15 heteroatoms. The van der Waals surface area contributed by atoms with E-state index in [1.165, 1.54) is 24.3 Å². The van der Waals surface area contributed by atoms with Crippen molar-refractivity contribution < 1.29 is 48.5 Å². The number of aryl methyl sites for hydroxylation is 2. The second kappa shape index (κ2) is 11.0. The average molecular weight is 595 g/mol. The van der Waals surface area contributed by atoms with Crippen molar-refractivity contribution in [1.82, 2.24) is 9.97 Å². The first kappa shape index (κ1) is 29.2. The van der Waals surface area contributed by atoms with E-state index in [1.54, 1.807) is 30.3 Å². The summed E-state index contributed by atoms with van der Waals surface area (Å²) in [7, 11) is -3.31. The van der Waals surface area contributed by atoms with E-state index in [0.29, 0.717) is 46.4 Å². The Bertz CT molecular complexity index is 1480. The fourth-order valence-corrected chi connectivity index (χ4v) is 4.28. The number of H-pyrrole nitrogens is 1. The highest BCUT2D eigenvalue weighted by atomic mass is 32.2. The Labute approximate surface area is 223 Å². The number of halogens is 9. The smallest absolute Gasteiger partial charge is 0.471 e. The molecular formula is C25H18F9N3O2S. The van der Waals surface area contributed by atoms with Crippen LogP contribution in [0.2, 0.25) is 0 Å². The maximum absolute atomic E-state index is 12.8. The Hall–Kier alpha value is -3.75. The molecule has 1 heterocycles. The number of hydrogen-bond donors (Lipinski definition) is 2. The highest BCUT2D eigenvalue weighted by Gasteiger charge is 2.59. The third kappa shape index (κ3) is 7.06. The molecule has 40 heavy (non-hydrogen) atoms. The van der Waals surface area contributed by atoms with E-state index in [0.717, 1.165) is 12.1 Å². The van der Waals surface area contributed by atoms with Crippen LogP contribution in [0.3, 0.4) is 0 Å². The lowest BCUT2D eigenvalue weighted by Gasteiger charge is -2.23. The molecule has 0 aliphatic rings. The van der Waals surface area contributed by atoms with E-state index in [4.69, 9.17) is 0 Å². The number of benzene rings is 3. The zero-order valence-electron chi connectivity index (χ0n) is 19.9. The minimum Gasteiger partial charge on any atom is -0.471 e. The molecule has 0 fully saturated rings. The van der Waals surface area contributed by atoms with Crippen LogP contribution in [0.25, 0.3) is 22.2 Å². The minimum atomic E-state index is -5.63. The van der Waals surface area contributed by atoms with Crippen LogP contribution in [0.5, 0.6) is 5.75 Å². The second-order valence-electron chi connectivity index (χ2n) is 8.50.